The van der Waals surface area contributed by atoms with Gasteiger partial charge in [0.25, 0.3) is 0 Å². The molecule has 0 saturated carbocycles. The lowest BCUT2D eigenvalue weighted by Crippen LogP contribution is -2.14. The molecule has 1 aliphatic rings. The van der Waals surface area contributed by atoms with Gasteiger partial charge in [0.1, 0.15) is 16.4 Å². The number of carbonyl (C=O) groups is 1. The van der Waals surface area contributed by atoms with Gasteiger partial charge in [0, 0.05) is 17.4 Å². The number of hydrogen-bond donors (Lipinski definition) is 1. The maximum atomic E-state index is 12.3. The second kappa shape index (κ2) is 7.66. The molecule has 4 aromatic rings. The van der Waals surface area contributed by atoms with E-state index in [9.17, 15) is 4.79 Å². The number of amides is 1. The maximum Gasteiger partial charge on any atom is 0.236 e. The second-order valence-electron chi connectivity index (χ2n) is 7.71. The molecule has 0 spiro atoms. The zero-order chi connectivity index (χ0) is 20.8. The highest BCUT2D eigenvalue weighted by atomic mass is 32.2. The zero-order valence-electron chi connectivity index (χ0n) is 17.1. The van der Waals surface area contributed by atoms with Gasteiger partial charge in [-0.15, -0.1) is 21.5 Å². The average Bonchev–Trinajstić information content (AvgIpc) is 3.41. The summed E-state index contributed by atoms with van der Waals surface area (Å²) in [6.45, 7) is 6.17. The molecule has 0 fully saturated rings. The van der Waals surface area contributed by atoms with Crippen molar-refractivity contribution in [3.05, 3.63) is 28.1 Å². The predicted molar refractivity (Wildman–Crippen MR) is 117 cm³/mol. The Hall–Kier alpha value is -2.46. The molecule has 4 aromatic heterocycles. The van der Waals surface area contributed by atoms with Crippen molar-refractivity contribution in [3.8, 4) is 0 Å². The summed E-state index contributed by atoms with van der Waals surface area (Å²) < 4.78 is 7.00. The molecule has 0 aromatic carbocycles. The van der Waals surface area contributed by atoms with Gasteiger partial charge in [-0.1, -0.05) is 30.8 Å². The third-order valence-corrected chi connectivity index (χ3v) is 7.46. The summed E-state index contributed by atoms with van der Waals surface area (Å²) in [7, 11) is 0. The number of anilines is 1. The Morgan fingerprint density at radius 2 is 2.30 bits per heavy atom. The lowest BCUT2D eigenvalue weighted by molar-refractivity contribution is -0.113. The van der Waals surface area contributed by atoms with E-state index in [0.717, 1.165) is 41.0 Å². The second-order valence-corrected chi connectivity index (χ2v) is 9.74. The Morgan fingerprint density at radius 3 is 3.07 bits per heavy atom. The number of thiophene rings is 1. The Labute approximate surface area is 181 Å². The number of nitrogens with one attached hydrogen (secondary N) is 1. The lowest BCUT2D eigenvalue weighted by Gasteiger charge is -2.17. The van der Waals surface area contributed by atoms with E-state index < -0.39 is 0 Å². The van der Waals surface area contributed by atoms with Gasteiger partial charge in [-0.3, -0.25) is 9.20 Å². The average molecular weight is 443 g/mol. The van der Waals surface area contributed by atoms with E-state index in [1.807, 2.05) is 4.40 Å². The number of thioether (sulfide) groups is 1. The highest BCUT2D eigenvalue weighted by molar-refractivity contribution is 7.99. The van der Waals surface area contributed by atoms with Crippen LogP contribution in [0.2, 0.25) is 0 Å². The van der Waals surface area contributed by atoms with Crippen molar-refractivity contribution in [3.63, 3.8) is 0 Å². The number of aromatic nitrogens is 5. The van der Waals surface area contributed by atoms with Gasteiger partial charge in [-0.25, -0.2) is 4.98 Å². The quantitative estimate of drug-likeness (QED) is 0.466. The molecule has 0 bridgehead atoms. The third kappa shape index (κ3) is 3.37. The van der Waals surface area contributed by atoms with E-state index in [-0.39, 0.29) is 11.7 Å². The summed E-state index contributed by atoms with van der Waals surface area (Å²) >= 11 is 3.15. The molecule has 156 valence electrons. The van der Waals surface area contributed by atoms with E-state index in [1.54, 1.807) is 24.3 Å². The van der Waals surface area contributed by atoms with E-state index in [4.69, 9.17) is 9.51 Å². The number of rotatable bonds is 5. The van der Waals surface area contributed by atoms with Gasteiger partial charge >= 0.3 is 0 Å². The maximum absolute atomic E-state index is 12.3. The molecule has 1 aliphatic carbocycles. The van der Waals surface area contributed by atoms with Crippen LogP contribution < -0.4 is 5.32 Å². The summed E-state index contributed by atoms with van der Waals surface area (Å²) in [5, 5.41) is 17.3. The van der Waals surface area contributed by atoms with E-state index in [1.165, 1.54) is 28.6 Å². The molecule has 0 radical (unpaired) electrons. The first-order valence-corrected chi connectivity index (χ1v) is 11.9. The molecule has 4 heterocycles. The van der Waals surface area contributed by atoms with E-state index in [0.29, 0.717) is 22.7 Å². The van der Waals surface area contributed by atoms with Crippen LogP contribution in [0.25, 0.3) is 15.9 Å². The minimum atomic E-state index is -0.168. The summed E-state index contributed by atoms with van der Waals surface area (Å²) in [6.07, 6.45) is 4.13. The van der Waals surface area contributed by atoms with Crippen LogP contribution >= 0.6 is 23.1 Å². The molecule has 10 heteroatoms. The van der Waals surface area contributed by atoms with Crippen LogP contribution in [0.4, 0.5) is 5.82 Å². The lowest BCUT2D eigenvalue weighted by atomic mass is 9.89. The first-order valence-electron chi connectivity index (χ1n) is 10.1. The SMILES string of the molecule is CCc1nc2sc3c(c2c2nnc(SCC(=O)Nc4cc(C)on4)n12)CC[C@H](C)C3. The smallest absolute Gasteiger partial charge is 0.236 e. The van der Waals surface area contributed by atoms with Crippen molar-refractivity contribution in [1.82, 2.24) is 24.7 Å². The van der Waals surface area contributed by atoms with Gasteiger partial charge < -0.3 is 9.84 Å². The Morgan fingerprint density at radius 1 is 1.43 bits per heavy atom. The molecule has 1 amide bonds. The highest BCUT2D eigenvalue weighted by Crippen LogP contribution is 2.39. The Bertz CT molecular complexity index is 1260. The predicted octanol–water partition coefficient (Wildman–Crippen LogP) is 4.05. The Balaban J connectivity index is 1.47. The summed E-state index contributed by atoms with van der Waals surface area (Å²) in [5.41, 5.74) is 2.25. The molecule has 8 nitrogen and oxygen atoms in total. The van der Waals surface area contributed by atoms with Crippen molar-refractivity contribution in [1.29, 1.82) is 0 Å². The topological polar surface area (TPSA) is 98.2 Å². The van der Waals surface area contributed by atoms with E-state index in [2.05, 4.69) is 34.5 Å². The number of nitrogens with zero attached hydrogens (tertiary/aromatic N) is 5. The van der Waals surface area contributed by atoms with E-state index >= 15 is 0 Å². The number of fused-ring (bicyclic) bond motifs is 5. The van der Waals surface area contributed by atoms with Gasteiger partial charge in [0.15, 0.2) is 16.6 Å². The van der Waals surface area contributed by atoms with Crippen molar-refractivity contribution in [2.24, 2.45) is 5.92 Å². The molecule has 1 atom stereocenters. The summed E-state index contributed by atoms with van der Waals surface area (Å²) in [4.78, 5) is 19.8. The normalized spacial score (nSPS) is 16.3. The van der Waals surface area contributed by atoms with Crippen LogP contribution in [0.3, 0.4) is 0 Å². The molecule has 0 aliphatic heterocycles. The van der Waals surface area contributed by atoms with Crippen LogP contribution in [0.1, 0.15) is 42.3 Å². The monoisotopic (exact) mass is 442 g/mol. The van der Waals surface area contributed by atoms with Gasteiger partial charge in [0.2, 0.25) is 5.91 Å². The fourth-order valence-electron chi connectivity index (χ4n) is 3.94. The molecular formula is C20H22N6O2S2. The number of carbonyl (C=O) groups excluding carboxylic acids is 1. The van der Waals surface area contributed by atoms with Crippen LogP contribution in [-0.4, -0.2) is 36.4 Å². The molecule has 5 rings (SSSR count). The largest absolute Gasteiger partial charge is 0.360 e. The third-order valence-electron chi connectivity index (χ3n) is 5.38. The van der Waals surface area contributed by atoms with Crippen LogP contribution in [0.5, 0.6) is 0 Å². The van der Waals surface area contributed by atoms with Crippen LogP contribution in [0.15, 0.2) is 15.7 Å². The zero-order valence-corrected chi connectivity index (χ0v) is 18.7. The molecule has 30 heavy (non-hydrogen) atoms. The highest BCUT2D eigenvalue weighted by Gasteiger charge is 2.25. The first kappa shape index (κ1) is 19.5. The van der Waals surface area contributed by atoms with Gasteiger partial charge in [-0.05, 0) is 37.7 Å². The van der Waals surface area contributed by atoms with Gasteiger partial charge in [0.05, 0.1) is 11.1 Å². The van der Waals surface area contributed by atoms with Gasteiger partial charge in [-0.2, -0.15) is 0 Å². The fourth-order valence-corrected chi connectivity index (χ4v) is 6.09. The van der Waals surface area contributed by atoms with Crippen molar-refractivity contribution >= 4 is 50.7 Å². The molecule has 0 unspecified atom stereocenters. The van der Waals surface area contributed by atoms with Crippen molar-refractivity contribution < 1.29 is 9.32 Å². The summed E-state index contributed by atoms with van der Waals surface area (Å²) in [5.74, 6) is 2.73. The minimum absolute atomic E-state index is 0.168. The number of hydrogen-bond acceptors (Lipinski definition) is 8. The summed E-state index contributed by atoms with van der Waals surface area (Å²) in [6, 6.07) is 1.69. The van der Waals surface area contributed by atoms with Crippen LogP contribution in [0, 0.1) is 12.8 Å². The van der Waals surface area contributed by atoms with Crippen molar-refractivity contribution in [2.75, 3.05) is 11.1 Å². The Kier molecular flexibility index (Phi) is 4.98. The van der Waals surface area contributed by atoms with Crippen LogP contribution in [-0.2, 0) is 24.1 Å². The molecule has 0 saturated heterocycles. The molecular weight excluding hydrogens is 420 g/mol. The minimum Gasteiger partial charge on any atom is -0.360 e. The standard InChI is InChI=1S/C20H22N6O2S2/c1-4-15-22-19-17(12-6-5-10(2)7-13(12)30-19)18-23-24-20(26(15)18)29-9-16(27)21-14-8-11(3)28-25-14/h8,10H,4-7,9H2,1-3H3,(H,21,25,27)/t10-/m0/s1. The first-order chi connectivity index (χ1) is 14.5. The fraction of sp³-hybridized carbons (Fsp3) is 0.450. The molecule has 1 N–H and O–H groups in total. The van der Waals surface area contributed by atoms with Crippen molar-refractivity contribution in [2.45, 2.75) is 51.6 Å². The number of aryl methyl sites for hydroxylation is 3.